The third-order valence-electron chi connectivity index (χ3n) is 4.36. The highest BCUT2D eigenvalue weighted by Crippen LogP contribution is 2.29. The Kier molecular flexibility index (Phi) is 3.88. The summed E-state index contributed by atoms with van der Waals surface area (Å²) in [7, 11) is 0. The van der Waals surface area contributed by atoms with E-state index in [9.17, 15) is 4.79 Å². The number of para-hydroxylation sites is 1. The maximum atomic E-state index is 12.7. The maximum absolute atomic E-state index is 12.7. The lowest BCUT2D eigenvalue weighted by molar-refractivity contribution is -0.124. The fourth-order valence-corrected chi connectivity index (χ4v) is 2.88. The average Bonchev–Trinajstić information content (AvgIpc) is 2.95. The van der Waals surface area contributed by atoms with Crippen LogP contribution in [0.2, 0.25) is 0 Å². The van der Waals surface area contributed by atoms with E-state index in [1.54, 1.807) is 0 Å². The minimum Gasteiger partial charge on any atom is -0.481 e. The summed E-state index contributed by atoms with van der Waals surface area (Å²) >= 11 is 0. The van der Waals surface area contributed by atoms with Gasteiger partial charge in [-0.15, -0.1) is 0 Å². The highest BCUT2D eigenvalue weighted by atomic mass is 16.5. The molecule has 3 nitrogen and oxygen atoms in total. The van der Waals surface area contributed by atoms with Crippen molar-refractivity contribution in [1.82, 2.24) is 0 Å². The molecule has 0 radical (unpaired) electrons. The van der Waals surface area contributed by atoms with E-state index < -0.39 is 6.10 Å². The van der Waals surface area contributed by atoms with Gasteiger partial charge in [0.05, 0.1) is 0 Å². The van der Waals surface area contributed by atoms with Gasteiger partial charge in [-0.3, -0.25) is 4.79 Å². The number of hydrogen-bond acceptors (Lipinski definition) is 2. The van der Waals surface area contributed by atoms with E-state index in [0.29, 0.717) is 0 Å². The summed E-state index contributed by atoms with van der Waals surface area (Å²) in [6.07, 6.45) is 0.421. The van der Waals surface area contributed by atoms with Crippen LogP contribution < -0.4 is 9.64 Å². The number of carbonyl (C=O) groups excluding carboxylic acids is 1. The van der Waals surface area contributed by atoms with Crippen molar-refractivity contribution in [3.05, 3.63) is 59.2 Å². The zero-order valence-electron chi connectivity index (χ0n) is 13.3. The molecule has 1 aliphatic rings. The minimum atomic E-state index is -0.494. The summed E-state index contributed by atoms with van der Waals surface area (Å²) < 4.78 is 5.92. The number of amides is 1. The van der Waals surface area contributed by atoms with Gasteiger partial charge in [0, 0.05) is 12.2 Å². The summed E-state index contributed by atoms with van der Waals surface area (Å²) in [6, 6.07) is 14.0. The lowest BCUT2D eigenvalue weighted by atomic mass is 10.1. The Hall–Kier alpha value is -2.29. The third-order valence-corrected chi connectivity index (χ3v) is 4.36. The molecule has 0 saturated carbocycles. The van der Waals surface area contributed by atoms with Gasteiger partial charge in [-0.25, -0.2) is 0 Å². The molecular formula is C19H21NO2. The molecule has 0 unspecified atom stereocenters. The lowest BCUT2D eigenvalue weighted by Gasteiger charge is -2.23. The van der Waals surface area contributed by atoms with Gasteiger partial charge >= 0.3 is 0 Å². The fraction of sp³-hybridized carbons (Fsp3) is 0.316. The minimum absolute atomic E-state index is 0.0193. The Morgan fingerprint density at radius 1 is 1.14 bits per heavy atom. The second-order valence-corrected chi connectivity index (χ2v) is 5.83. The van der Waals surface area contributed by atoms with Crippen molar-refractivity contribution in [2.24, 2.45) is 0 Å². The highest BCUT2D eigenvalue weighted by molar-refractivity contribution is 5.98. The molecule has 0 aliphatic carbocycles. The van der Waals surface area contributed by atoms with E-state index in [0.717, 1.165) is 30.0 Å². The second kappa shape index (κ2) is 5.84. The molecule has 0 fully saturated rings. The van der Waals surface area contributed by atoms with Crippen LogP contribution >= 0.6 is 0 Å². The first kappa shape index (κ1) is 14.6. The predicted octanol–water partition coefficient (Wildman–Crippen LogP) is 3.66. The number of ether oxygens (including phenoxy) is 1. The van der Waals surface area contributed by atoms with Crippen LogP contribution in [-0.4, -0.2) is 18.6 Å². The highest BCUT2D eigenvalue weighted by Gasteiger charge is 2.28. The molecule has 1 aliphatic heterocycles. The van der Waals surface area contributed by atoms with Gasteiger partial charge in [0.1, 0.15) is 5.75 Å². The van der Waals surface area contributed by atoms with Crippen molar-refractivity contribution in [1.29, 1.82) is 0 Å². The summed E-state index contributed by atoms with van der Waals surface area (Å²) in [6.45, 7) is 6.63. The Labute approximate surface area is 131 Å². The van der Waals surface area contributed by atoms with Crippen LogP contribution in [-0.2, 0) is 11.2 Å². The maximum Gasteiger partial charge on any atom is 0.267 e. The van der Waals surface area contributed by atoms with E-state index in [2.05, 4.69) is 6.07 Å². The molecule has 3 heteroatoms. The molecule has 1 amide bonds. The summed E-state index contributed by atoms with van der Waals surface area (Å²) in [5.41, 5.74) is 4.51. The van der Waals surface area contributed by atoms with Gasteiger partial charge in [-0.05, 0) is 56.0 Å². The molecule has 2 aromatic rings. The number of hydrogen-bond donors (Lipinski definition) is 0. The number of nitrogens with zero attached hydrogens (tertiary/aromatic N) is 1. The van der Waals surface area contributed by atoms with Gasteiger partial charge in [-0.1, -0.05) is 30.3 Å². The van der Waals surface area contributed by atoms with Gasteiger partial charge < -0.3 is 9.64 Å². The van der Waals surface area contributed by atoms with Gasteiger partial charge in [-0.2, -0.15) is 0 Å². The summed E-state index contributed by atoms with van der Waals surface area (Å²) in [4.78, 5) is 14.5. The SMILES string of the molecule is Cc1cccc(O[C@@H](C)C(=O)N2CCc3ccccc32)c1C. The lowest BCUT2D eigenvalue weighted by Crippen LogP contribution is -2.39. The van der Waals surface area contributed by atoms with Crippen molar-refractivity contribution < 1.29 is 9.53 Å². The van der Waals surface area contributed by atoms with Crippen LogP contribution in [0.3, 0.4) is 0 Å². The van der Waals surface area contributed by atoms with Crippen LogP contribution in [0.15, 0.2) is 42.5 Å². The number of rotatable bonds is 3. The summed E-state index contributed by atoms with van der Waals surface area (Å²) in [5.74, 6) is 0.805. The number of aryl methyl sites for hydroxylation is 1. The molecule has 0 aromatic heterocycles. The van der Waals surface area contributed by atoms with Crippen LogP contribution in [0, 0.1) is 13.8 Å². The van der Waals surface area contributed by atoms with Crippen molar-refractivity contribution in [3.8, 4) is 5.75 Å². The Morgan fingerprint density at radius 2 is 1.91 bits per heavy atom. The number of carbonyl (C=O) groups is 1. The van der Waals surface area contributed by atoms with E-state index in [1.807, 2.05) is 62.1 Å². The average molecular weight is 295 g/mol. The standard InChI is InChI=1S/C19H21NO2/c1-13-7-6-10-18(14(13)2)22-15(3)19(21)20-12-11-16-8-4-5-9-17(16)20/h4-10,15H,11-12H2,1-3H3/t15-/m0/s1. The first-order valence-electron chi connectivity index (χ1n) is 7.70. The Bertz CT molecular complexity index is 708. The topological polar surface area (TPSA) is 29.5 Å². The normalized spacial score (nSPS) is 14.6. The van der Waals surface area contributed by atoms with Crippen LogP contribution in [0.4, 0.5) is 5.69 Å². The van der Waals surface area contributed by atoms with E-state index in [1.165, 1.54) is 11.1 Å². The van der Waals surface area contributed by atoms with Crippen LogP contribution in [0.5, 0.6) is 5.75 Å². The monoisotopic (exact) mass is 295 g/mol. The van der Waals surface area contributed by atoms with E-state index in [-0.39, 0.29) is 5.91 Å². The summed E-state index contributed by atoms with van der Waals surface area (Å²) in [5, 5.41) is 0. The largest absolute Gasteiger partial charge is 0.481 e. The predicted molar refractivity (Wildman–Crippen MR) is 88.5 cm³/mol. The van der Waals surface area contributed by atoms with Gasteiger partial charge in [0.25, 0.3) is 5.91 Å². The first-order valence-corrected chi connectivity index (χ1v) is 7.70. The molecular weight excluding hydrogens is 274 g/mol. The molecule has 1 heterocycles. The molecule has 3 rings (SSSR count). The van der Waals surface area contributed by atoms with Crippen molar-refractivity contribution >= 4 is 11.6 Å². The van der Waals surface area contributed by atoms with Gasteiger partial charge in [0.15, 0.2) is 6.10 Å². The zero-order chi connectivity index (χ0) is 15.7. The molecule has 1 atom stereocenters. The molecule has 0 spiro atoms. The fourth-order valence-electron chi connectivity index (χ4n) is 2.88. The molecule has 22 heavy (non-hydrogen) atoms. The van der Waals surface area contributed by atoms with Crippen molar-refractivity contribution in [2.75, 3.05) is 11.4 Å². The molecule has 0 N–H and O–H groups in total. The number of anilines is 1. The molecule has 0 bridgehead atoms. The van der Waals surface area contributed by atoms with Crippen LogP contribution in [0.25, 0.3) is 0 Å². The third kappa shape index (κ3) is 2.59. The first-order chi connectivity index (χ1) is 10.6. The molecule has 114 valence electrons. The smallest absolute Gasteiger partial charge is 0.267 e. The number of fused-ring (bicyclic) bond motifs is 1. The van der Waals surface area contributed by atoms with E-state index >= 15 is 0 Å². The molecule has 0 saturated heterocycles. The van der Waals surface area contributed by atoms with Crippen molar-refractivity contribution in [3.63, 3.8) is 0 Å². The van der Waals surface area contributed by atoms with Crippen LogP contribution in [0.1, 0.15) is 23.6 Å². The molecule has 2 aromatic carbocycles. The number of benzene rings is 2. The van der Waals surface area contributed by atoms with Gasteiger partial charge in [0.2, 0.25) is 0 Å². The van der Waals surface area contributed by atoms with E-state index in [4.69, 9.17) is 4.74 Å². The van der Waals surface area contributed by atoms with Crippen molar-refractivity contribution in [2.45, 2.75) is 33.3 Å². The Balaban J connectivity index is 1.77. The zero-order valence-corrected chi connectivity index (χ0v) is 13.3. The second-order valence-electron chi connectivity index (χ2n) is 5.83. The quantitative estimate of drug-likeness (QED) is 0.865. The Morgan fingerprint density at radius 3 is 2.73 bits per heavy atom.